The highest BCUT2D eigenvalue weighted by Crippen LogP contribution is 2.39. The number of anilines is 1. The smallest absolute Gasteiger partial charge is 0.226 e. The Morgan fingerprint density at radius 3 is 2.71 bits per heavy atom. The number of aryl methyl sites for hydroxylation is 3. The lowest BCUT2D eigenvalue weighted by Crippen LogP contribution is -2.11. The van der Waals surface area contributed by atoms with Crippen LogP contribution in [0.2, 0.25) is 0 Å². The number of halogens is 1. The molecule has 0 saturated carbocycles. The van der Waals surface area contributed by atoms with Gasteiger partial charge in [0, 0.05) is 24.1 Å². The minimum atomic E-state index is -0.0385. The Balaban J connectivity index is 1.59. The van der Waals surface area contributed by atoms with Gasteiger partial charge in [-0.2, -0.15) is 4.98 Å². The van der Waals surface area contributed by atoms with Crippen LogP contribution in [-0.2, 0) is 11.2 Å². The standard InChI is InChI=1S/C23H26BrN3O4/c1-5-30-19-13-16(12-18(24)22(19)29-4)23-26-21(31-27-23)8-6-7-20(28)25-17-10-9-14(2)15(3)11-17/h9-13H,5-8H2,1-4H3,(H,25,28). The highest BCUT2D eigenvalue weighted by atomic mass is 79.9. The van der Waals surface area contributed by atoms with Gasteiger partial charge in [0.15, 0.2) is 11.5 Å². The average Bonchev–Trinajstić information content (AvgIpc) is 3.20. The summed E-state index contributed by atoms with van der Waals surface area (Å²) < 4.78 is 17.1. The van der Waals surface area contributed by atoms with Gasteiger partial charge in [0.2, 0.25) is 17.6 Å². The molecule has 0 radical (unpaired) electrons. The number of benzene rings is 2. The maximum atomic E-state index is 12.2. The summed E-state index contributed by atoms with van der Waals surface area (Å²) in [6, 6.07) is 9.56. The number of hydrogen-bond acceptors (Lipinski definition) is 6. The van der Waals surface area contributed by atoms with E-state index in [-0.39, 0.29) is 5.91 Å². The average molecular weight is 488 g/mol. The maximum Gasteiger partial charge on any atom is 0.226 e. The van der Waals surface area contributed by atoms with Gasteiger partial charge in [-0.1, -0.05) is 11.2 Å². The van der Waals surface area contributed by atoms with E-state index in [1.54, 1.807) is 7.11 Å². The molecule has 0 aliphatic heterocycles. The number of amides is 1. The zero-order valence-corrected chi connectivity index (χ0v) is 19.7. The van der Waals surface area contributed by atoms with Crippen molar-refractivity contribution < 1.29 is 18.8 Å². The van der Waals surface area contributed by atoms with Crippen LogP contribution in [0.25, 0.3) is 11.4 Å². The van der Waals surface area contributed by atoms with E-state index in [1.165, 1.54) is 5.56 Å². The van der Waals surface area contributed by atoms with Crippen LogP contribution in [0.4, 0.5) is 5.69 Å². The van der Waals surface area contributed by atoms with E-state index in [0.717, 1.165) is 21.3 Å². The summed E-state index contributed by atoms with van der Waals surface area (Å²) in [5.74, 6) is 2.12. The minimum Gasteiger partial charge on any atom is -0.492 e. The van der Waals surface area contributed by atoms with Crippen LogP contribution < -0.4 is 14.8 Å². The molecule has 164 valence electrons. The summed E-state index contributed by atoms with van der Waals surface area (Å²) in [7, 11) is 1.59. The van der Waals surface area contributed by atoms with Crippen molar-refractivity contribution in [1.29, 1.82) is 0 Å². The maximum absolute atomic E-state index is 12.2. The summed E-state index contributed by atoms with van der Waals surface area (Å²) in [6.45, 7) is 6.48. The first kappa shape index (κ1) is 22.8. The van der Waals surface area contributed by atoms with E-state index in [1.807, 2.05) is 51.1 Å². The van der Waals surface area contributed by atoms with Gasteiger partial charge in [-0.15, -0.1) is 0 Å². The first-order valence-electron chi connectivity index (χ1n) is 10.1. The van der Waals surface area contributed by atoms with Gasteiger partial charge in [0.05, 0.1) is 18.2 Å². The molecule has 1 amide bonds. The van der Waals surface area contributed by atoms with Crippen molar-refractivity contribution in [2.24, 2.45) is 0 Å². The van der Waals surface area contributed by atoms with Gasteiger partial charge in [-0.05, 0) is 78.5 Å². The summed E-state index contributed by atoms with van der Waals surface area (Å²) in [5.41, 5.74) is 3.90. The third-order valence-electron chi connectivity index (χ3n) is 4.82. The van der Waals surface area contributed by atoms with Crippen molar-refractivity contribution in [2.45, 2.75) is 40.0 Å². The summed E-state index contributed by atoms with van der Waals surface area (Å²) >= 11 is 3.49. The lowest BCUT2D eigenvalue weighted by molar-refractivity contribution is -0.116. The van der Waals surface area contributed by atoms with E-state index < -0.39 is 0 Å². The number of carbonyl (C=O) groups excluding carboxylic acids is 1. The van der Waals surface area contributed by atoms with Gasteiger partial charge in [-0.25, -0.2) is 0 Å². The first-order valence-corrected chi connectivity index (χ1v) is 10.9. The Hall–Kier alpha value is -2.87. The number of methoxy groups -OCH3 is 1. The number of rotatable bonds is 9. The highest BCUT2D eigenvalue weighted by Gasteiger charge is 2.16. The molecule has 0 aliphatic rings. The van der Waals surface area contributed by atoms with Crippen LogP contribution in [0.5, 0.6) is 11.5 Å². The molecule has 0 atom stereocenters. The third kappa shape index (κ3) is 5.85. The van der Waals surface area contributed by atoms with Gasteiger partial charge in [0.25, 0.3) is 0 Å². The summed E-state index contributed by atoms with van der Waals surface area (Å²) in [5, 5.41) is 6.99. The zero-order chi connectivity index (χ0) is 22.4. The molecule has 2 aromatic carbocycles. The molecule has 1 N–H and O–H groups in total. The number of aromatic nitrogens is 2. The van der Waals surface area contributed by atoms with Gasteiger partial charge < -0.3 is 19.3 Å². The van der Waals surface area contributed by atoms with E-state index in [4.69, 9.17) is 14.0 Å². The summed E-state index contributed by atoms with van der Waals surface area (Å²) in [6.07, 6.45) is 1.49. The molecule has 0 bridgehead atoms. The minimum absolute atomic E-state index is 0.0385. The molecule has 31 heavy (non-hydrogen) atoms. The lowest BCUT2D eigenvalue weighted by Gasteiger charge is -2.12. The van der Waals surface area contributed by atoms with Gasteiger partial charge in [0.1, 0.15) is 0 Å². The fraction of sp³-hybridized carbons (Fsp3) is 0.348. The lowest BCUT2D eigenvalue weighted by atomic mass is 10.1. The van der Waals surface area contributed by atoms with Crippen LogP contribution in [0.1, 0.15) is 36.8 Å². The number of nitrogens with one attached hydrogen (secondary N) is 1. The van der Waals surface area contributed by atoms with Gasteiger partial charge >= 0.3 is 0 Å². The van der Waals surface area contributed by atoms with E-state index in [0.29, 0.717) is 49.1 Å². The van der Waals surface area contributed by atoms with Crippen molar-refractivity contribution in [3.05, 3.63) is 51.8 Å². The molecule has 7 nitrogen and oxygen atoms in total. The van der Waals surface area contributed by atoms with Crippen LogP contribution in [-0.4, -0.2) is 29.8 Å². The molecule has 1 aromatic heterocycles. The largest absolute Gasteiger partial charge is 0.492 e. The van der Waals surface area contributed by atoms with Gasteiger partial charge in [-0.3, -0.25) is 4.79 Å². The number of hydrogen-bond donors (Lipinski definition) is 1. The monoisotopic (exact) mass is 487 g/mol. The second kappa shape index (κ2) is 10.4. The van der Waals surface area contributed by atoms with Crippen LogP contribution in [0.15, 0.2) is 39.3 Å². The molecule has 0 aliphatic carbocycles. The molecule has 8 heteroatoms. The van der Waals surface area contributed by atoms with E-state index >= 15 is 0 Å². The Bertz CT molecular complexity index is 1060. The molecular formula is C23H26BrN3O4. The summed E-state index contributed by atoms with van der Waals surface area (Å²) in [4.78, 5) is 16.7. The van der Waals surface area contributed by atoms with E-state index in [9.17, 15) is 4.79 Å². The predicted molar refractivity (Wildman–Crippen MR) is 123 cm³/mol. The van der Waals surface area contributed by atoms with Crippen molar-refractivity contribution in [3.63, 3.8) is 0 Å². The zero-order valence-electron chi connectivity index (χ0n) is 18.1. The molecule has 0 saturated heterocycles. The van der Waals surface area contributed by atoms with Crippen LogP contribution in [0.3, 0.4) is 0 Å². The number of ether oxygens (including phenoxy) is 2. The number of nitrogens with zero attached hydrogens (tertiary/aromatic N) is 2. The molecule has 3 rings (SSSR count). The van der Waals surface area contributed by atoms with Crippen molar-refractivity contribution in [3.8, 4) is 22.9 Å². The molecule has 0 spiro atoms. The first-order chi connectivity index (χ1) is 14.9. The van der Waals surface area contributed by atoms with Crippen LogP contribution in [0, 0.1) is 13.8 Å². The van der Waals surface area contributed by atoms with Crippen LogP contribution >= 0.6 is 15.9 Å². The predicted octanol–water partition coefficient (Wildman–Crippen LogP) is 5.48. The van der Waals surface area contributed by atoms with Crippen molar-refractivity contribution in [2.75, 3.05) is 19.0 Å². The molecule has 0 fully saturated rings. The van der Waals surface area contributed by atoms with Crippen molar-refractivity contribution >= 4 is 27.5 Å². The fourth-order valence-electron chi connectivity index (χ4n) is 3.07. The Morgan fingerprint density at radius 1 is 1.19 bits per heavy atom. The Kier molecular flexibility index (Phi) is 7.68. The number of carbonyl (C=O) groups is 1. The van der Waals surface area contributed by atoms with E-state index in [2.05, 4.69) is 31.4 Å². The molecule has 1 heterocycles. The topological polar surface area (TPSA) is 86.5 Å². The highest BCUT2D eigenvalue weighted by molar-refractivity contribution is 9.10. The van der Waals surface area contributed by atoms with Crippen molar-refractivity contribution in [1.82, 2.24) is 10.1 Å². The quantitative estimate of drug-likeness (QED) is 0.429. The second-order valence-electron chi connectivity index (χ2n) is 7.13. The third-order valence-corrected chi connectivity index (χ3v) is 5.41. The fourth-order valence-corrected chi connectivity index (χ4v) is 3.68. The molecule has 3 aromatic rings. The SMILES string of the molecule is CCOc1cc(-c2noc(CCCC(=O)Nc3ccc(C)c(C)c3)n2)cc(Br)c1OC. The Morgan fingerprint density at radius 2 is 2.00 bits per heavy atom. The Labute approximate surface area is 190 Å². The normalized spacial score (nSPS) is 10.7. The second-order valence-corrected chi connectivity index (χ2v) is 7.99. The molecular weight excluding hydrogens is 462 g/mol. The molecule has 0 unspecified atom stereocenters.